The predicted molar refractivity (Wildman–Crippen MR) is 72.5 cm³/mol. The Morgan fingerprint density at radius 3 is 2.89 bits per heavy atom. The highest BCUT2D eigenvalue weighted by atomic mass is 79.9. The Bertz CT molecular complexity index is 632. The van der Waals surface area contributed by atoms with E-state index in [2.05, 4.69) is 26.1 Å². The summed E-state index contributed by atoms with van der Waals surface area (Å²) in [7, 11) is 1.71. The van der Waals surface area contributed by atoms with Crippen LogP contribution in [0.15, 0.2) is 27.8 Å². The van der Waals surface area contributed by atoms with Crippen molar-refractivity contribution in [1.29, 1.82) is 0 Å². The van der Waals surface area contributed by atoms with Gasteiger partial charge in [0, 0.05) is 12.6 Å². The first-order valence-electron chi connectivity index (χ1n) is 5.18. The first-order chi connectivity index (χ1) is 8.99. The minimum absolute atomic E-state index is 0.0966. The Morgan fingerprint density at radius 2 is 2.26 bits per heavy atom. The SMILES string of the molecule is Cn1c(SCC(=O)O)nnc1-c1ccc(Br)c(F)c1. The van der Waals surface area contributed by atoms with Gasteiger partial charge < -0.3 is 9.67 Å². The number of carboxylic acids is 1. The van der Waals surface area contributed by atoms with Crippen molar-refractivity contribution in [2.24, 2.45) is 7.05 Å². The second-order valence-electron chi connectivity index (χ2n) is 3.68. The highest BCUT2D eigenvalue weighted by molar-refractivity contribution is 9.10. The first-order valence-corrected chi connectivity index (χ1v) is 6.96. The van der Waals surface area contributed by atoms with Gasteiger partial charge in [-0.25, -0.2) is 4.39 Å². The molecule has 0 saturated carbocycles. The number of halogens is 2. The summed E-state index contributed by atoms with van der Waals surface area (Å²) in [5.41, 5.74) is 0.581. The third-order valence-corrected chi connectivity index (χ3v) is 3.99. The third-order valence-electron chi connectivity index (χ3n) is 2.34. The summed E-state index contributed by atoms with van der Waals surface area (Å²) >= 11 is 4.14. The molecule has 0 fully saturated rings. The monoisotopic (exact) mass is 345 g/mol. The molecule has 8 heteroatoms. The van der Waals surface area contributed by atoms with E-state index in [4.69, 9.17) is 5.11 Å². The van der Waals surface area contributed by atoms with Gasteiger partial charge in [-0.2, -0.15) is 0 Å². The molecule has 0 bridgehead atoms. The summed E-state index contributed by atoms with van der Waals surface area (Å²) in [6, 6.07) is 4.64. The number of aromatic nitrogens is 3. The van der Waals surface area contributed by atoms with Gasteiger partial charge in [-0.15, -0.1) is 10.2 Å². The number of thioether (sulfide) groups is 1. The van der Waals surface area contributed by atoms with Crippen molar-refractivity contribution in [3.8, 4) is 11.4 Å². The molecule has 0 atom stereocenters. The molecule has 1 N–H and O–H groups in total. The van der Waals surface area contributed by atoms with Gasteiger partial charge in [0.15, 0.2) is 11.0 Å². The minimum Gasteiger partial charge on any atom is -0.481 e. The number of benzene rings is 1. The van der Waals surface area contributed by atoms with E-state index < -0.39 is 5.97 Å². The highest BCUT2D eigenvalue weighted by Crippen LogP contribution is 2.25. The number of aliphatic carboxylic acids is 1. The van der Waals surface area contributed by atoms with Gasteiger partial charge in [-0.05, 0) is 34.1 Å². The lowest BCUT2D eigenvalue weighted by molar-refractivity contribution is -0.133. The lowest BCUT2D eigenvalue weighted by Gasteiger charge is -2.03. The van der Waals surface area contributed by atoms with E-state index in [9.17, 15) is 9.18 Å². The van der Waals surface area contributed by atoms with Crippen molar-refractivity contribution in [3.63, 3.8) is 0 Å². The van der Waals surface area contributed by atoms with E-state index >= 15 is 0 Å². The Kier molecular flexibility index (Phi) is 4.20. The fourth-order valence-corrected chi connectivity index (χ4v) is 2.33. The molecule has 2 rings (SSSR count). The number of hydrogen-bond acceptors (Lipinski definition) is 4. The average Bonchev–Trinajstić information content (AvgIpc) is 2.72. The average molecular weight is 346 g/mol. The van der Waals surface area contributed by atoms with Crippen LogP contribution in [0.4, 0.5) is 4.39 Å². The van der Waals surface area contributed by atoms with Crippen LogP contribution in [0.5, 0.6) is 0 Å². The number of nitrogens with zero attached hydrogens (tertiary/aromatic N) is 3. The van der Waals surface area contributed by atoms with Gasteiger partial charge in [-0.1, -0.05) is 11.8 Å². The molecule has 0 aliphatic heterocycles. The largest absolute Gasteiger partial charge is 0.481 e. The van der Waals surface area contributed by atoms with Crippen molar-refractivity contribution in [2.75, 3.05) is 5.75 Å². The van der Waals surface area contributed by atoms with Crippen molar-refractivity contribution in [3.05, 3.63) is 28.5 Å². The van der Waals surface area contributed by atoms with Gasteiger partial charge >= 0.3 is 5.97 Å². The molecule has 0 aliphatic rings. The summed E-state index contributed by atoms with van der Waals surface area (Å²) < 4.78 is 15.5. The lowest BCUT2D eigenvalue weighted by Crippen LogP contribution is -2.01. The molecule has 5 nitrogen and oxygen atoms in total. The van der Waals surface area contributed by atoms with Gasteiger partial charge in [0.1, 0.15) is 5.82 Å². The second-order valence-corrected chi connectivity index (χ2v) is 5.47. The van der Waals surface area contributed by atoms with Crippen molar-refractivity contribution in [1.82, 2.24) is 14.8 Å². The molecule has 1 heterocycles. The zero-order chi connectivity index (χ0) is 14.0. The van der Waals surface area contributed by atoms with E-state index in [1.165, 1.54) is 6.07 Å². The summed E-state index contributed by atoms with van der Waals surface area (Å²) in [6.07, 6.45) is 0. The van der Waals surface area contributed by atoms with Gasteiger partial charge in [0.2, 0.25) is 0 Å². The molecule has 0 unspecified atom stereocenters. The summed E-state index contributed by atoms with van der Waals surface area (Å²) in [5, 5.41) is 16.9. The summed E-state index contributed by atoms with van der Waals surface area (Å²) in [4.78, 5) is 10.5. The van der Waals surface area contributed by atoms with Crippen LogP contribution in [0.2, 0.25) is 0 Å². The quantitative estimate of drug-likeness (QED) is 0.862. The molecular weight excluding hydrogens is 337 g/mol. The molecule has 0 saturated heterocycles. The van der Waals surface area contributed by atoms with Gasteiger partial charge in [0.05, 0.1) is 10.2 Å². The number of rotatable bonds is 4. The number of carboxylic acid groups (broad SMARTS) is 1. The molecule has 19 heavy (non-hydrogen) atoms. The molecule has 0 radical (unpaired) electrons. The van der Waals surface area contributed by atoms with Crippen LogP contribution >= 0.6 is 27.7 Å². The van der Waals surface area contributed by atoms with E-state index in [1.54, 1.807) is 23.7 Å². The van der Waals surface area contributed by atoms with E-state index in [0.29, 0.717) is 21.0 Å². The highest BCUT2D eigenvalue weighted by Gasteiger charge is 2.13. The van der Waals surface area contributed by atoms with Gasteiger partial charge in [-0.3, -0.25) is 4.79 Å². The van der Waals surface area contributed by atoms with Crippen molar-refractivity contribution in [2.45, 2.75) is 5.16 Å². The minimum atomic E-state index is -0.927. The summed E-state index contributed by atoms with van der Waals surface area (Å²) in [5.74, 6) is -0.926. The molecular formula is C11H9BrFN3O2S. The molecule has 0 aliphatic carbocycles. The van der Waals surface area contributed by atoms with Crippen LogP contribution in [0, 0.1) is 5.82 Å². The van der Waals surface area contributed by atoms with Crippen molar-refractivity contribution < 1.29 is 14.3 Å². The van der Waals surface area contributed by atoms with Crippen LogP contribution in [0.1, 0.15) is 0 Å². The zero-order valence-corrected chi connectivity index (χ0v) is 12.2. The van der Waals surface area contributed by atoms with E-state index in [0.717, 1.165) is 11.8 Å². The van der Waals surface area contributed by atoms with Crippen LogP contribution in [-0.4, -0.2) is 31.6 Å². The molecule has 1 aromatic heterocycles. The zero-order valence-electron chi connectivity index (χ0n) is 9.80. The fraction of sp³-hybridized carbons (Fsp3) is 0.182. The fourth-order valence-electron chi connectivity index (χ4n) is 1.45. The molecule has 100 valence electrons. The topological polar surface area (TPSA) is 68.0 Å². The standard InChI is InChI=1S/C11H9BrFN3O2S/c1-16-10(6-2-3-7(12)8(13)4-6)14-15-11(16)19-5-9(17)18/h2-4H,5H2,1H3,(H,17,18). The number of hydrogen-bond donors (Lipinski definition) is 1. The molecule has 0 amide bonds. The van der Waals surface area contributed by atoms with Crippen LogP contribution in [-0.2, 0) is 11.8 Å². The summed E-state index contributed by atoms with van der Waals surface area (Å²) in [6.45, 7) is 0. The van der Waals surface area contributed by atoms with E-state index in [-0.39, 0.29) is 11.6 Å². The van der Waals surface area contributed by atoms with Crippen LogP contribution in [0.25, 0.3) is 11.4 Å². The van der Waals surface area contributed by atoms with Gasteiger partial charge in [0.25, 0.3) is 0 Å². The first kappa shape index (κ1) is 14.0. The Balaban J connectivity index is 2.30. The Morgan fingerprint density at radius 1 is 1.53 bits per heavy atom. The van der Waals surface area contributed by atoms with Crippen molar-refractivity contribution >= 4 is 33.7 Å². The van der Waals surface area contributed by atoms with Crippen LogP contribution in [0.3, 0.4) is 0 Å². The lowest BCUT2D eigenvalue weighted by atomic mass is 10.2. The molecule has 2 aromatic rings. The maximum Gasteiger partial charge on any atom is 0.313 e. The van der Waals surface area contributed by atoms with E-state index in [1.807, 2.05) is 0 Å². The predicted octanol–water partition coefficient (Wildman–Crippen LogP) is 2.56. The smallest absolute Gasteiger partial charge is 0.313 e. The molecule has 1 aromatic carbocycles. The normalized spacial score (nSPS) is 10.7. The number of carbonyl (C=O) groups is 1. The Hall–Kier alpha value is -1.41. The molecule has 0 spiro atoms. The maximum atomic E-state index is 13.5. The third kappa shape index (κ3) is 3.13. The second kappa shape index (κ2) is 5.70. The maximum absolute atomic E-state index is 13.5. The van der Waals surface area contributed by atoms with Crippen LogP contribution < -0.4 is 0 Å². The Labute approximate surface area is 121 Å².